The molecule has 7 heteroatoms. The molecule has 0 atom stereocenters. The van der Waals surface area contributed by atoms with Gasteiger partial charge in [-0.05, 0) is 36.4 Å². The third kappa shape index (κ3) is 4.56. The van der Waals surface area contributed by atoms with Crippen LogP contribution in [0.2, 0.25) is 5.02 Å². The average molecular weight is 393 g/mol. The molecule has 2 amide bonds. The number of carbonyl (C=O) groups is 2. The largest absolute Gasteiger partial charge is 0.338 e. The van der Waals surface area contributed by atoms with E-state index in [9.17, 15) is 14.0 Å². The SMILES string of the molecule is O=C(CSc1ccccc1F)N1CCN(C(=O)c2ccc(Cl)cc2)CC1. The van der Waals surface area contributed by atoms with Gasteiger partial charge < -0.3 is 9.80 Å². The van der Waals surface area contributed by atoms with Crippen molar-refractivity contribution < 1.29 is 14.0 Å². The summed E-state index contributed by atoms with van der Waals surface area (Å²) in [5.41, 5.74) is 0.587. The van der Waals surface area contributed by atoms with E-state index in [-0.39, 0.29) is 23.4 Å². The van der Waals surface area contributed by atoms with Gasteiger partial charge in [-0.2, -0.15) is 0 Å². The molecule has 0 N–H and O–H groups in total. The number of benzene rings is 2. The number of amides is 2. The number of rotatable bonds is 4. The van der Waals surface area contributed by atoms with Gasteiger partial charge in [-0.25, -0.2) is 4.39 Å². The monoisotopic (exact) mass is 392 g/mol. The molecule has 1 saturated heterocycles. The second-order valence-electron chi connectivity index (χ2n) is 5.90. The van der Waals surface area contributed by atoms with Crippen molar-refractivity contribution in [2.45, 2.75) is 4.90 Å². The quantitative estimate of drug-likeness (QED) is 0.747. The van der Waals surface area contributed by atoms with E-state index in [0.717, 1.165) is 0 Å². The lowest BCUT2D eigenvalue weighted by molar-refractivity contribution is -0.129. The van der Waals surface area contributed by atoms with E-state index in [4.69, 9.17) is 11.6 Å². The zero-order valence-electron chi connectivity index (χ0n) is 14.0. The Bertz CT molecular complexity index is 792. The predicted molar refractivity (Wildman–Crippen MR) is 101 cm³/mol. The first-order chi connectivity index (χ1) is 12.5. The average Bonchev–Trinajstić information content (AvgIpc) is 2.67. The van der Waals surface area contributed by atoms with Crippen molar-refractivity contribution in [2.75, 3.05) is 31.9 Å². The molecule has 3 rings (SSSR count). The smallest absolute Gasteiger partial charge is 0.253 e. The highest BCUT2D eigenvalue weighted by atomic mass is 35.5. The summed E-state index contributed by atoms with van der Waals surface area (Å²) in [6.07, 6.45) is 0. The van der Waals surface area contributed by atoms with Crippen LogP contribution in [-0.2, 0) is 4.79 Å². The molecule has 1 fully saturated rings. The summed E-state index contributed by atoms with van der Waals surface area (Å²) in [7, 11) is 0. The number of nitrogens with zero attached hydrogens (tertiary/aromatic N) is 2. The van der Waals surface area contributed by atoms with Crippen LogP contribution in [0.25, 0.3) is 0 Å². The van der Waals surface area contributed by atoms with Crippen LogP contribution in [-0.4, -0.2) is 53.5 Å². The van der Waals surface area contributed by atoms with E-state index in [1.807, 2.05) is 0 Å². The summed E-state index contributed by atoms with van der Waals surface area (Å²) < 4.78 is 13.6. The van der Waals surface area contributed by atoms with E-state index < -0.39 is 0 Å². The van der Waals surface area contributed by atoms with E-state index in [1.165, 1.54) is 17.8 Å². The summed E-state index contributed by atoms with van der Waals surface area (Å²) >= 11 is 7.04. The summed E-state index contributed by atoms with van der Waals surface area (Å²) in [6, 6.07) is 13.2. The van der Waals surface area contributed by atoms with Crippen LogP contribution in [0.4, 0.5) is 4.39 Å². The second kappa shape index (κ2) is 8.56. The van der Waals surface area contributed by atoms with Crippen molar-refractivity contribution in [3.63, 3.8) is 0 Å². The lowest BCUT2D eigenvalue weighted by Gasteiger charge is -2.34. The summed E-state index contributed by atoms with van der Waals surface area (Å²) in [6.45, 7) is 1.93. The first kappa shape index (κ1) is 18.7. The van der Waals surface area contributed by atoms with Gasteiger partial charge in [-0.15, -0.1) is 11.8 Å². The Morgan fingerprint density at radius 1 is 0.962 bits per heavy atom. The van der Waals surface area contributed by atoms with Crippen LogP contribution in [0.3, 0.4) is 0 Å². The lowest BCUT2D eigenvalue weighted by atomic mass is 10.2. The van der Waals surface area contributed by atoms with Gasteiger partial charge in [-0.1, -0.05) is 23.7 Å². The highest BCUT2D eigenvalue weighted by Gasteiger charge is 2.24. The summed E-state index contributed by atoms with van der Waals surface area (Å²) in [4.78, 5) is 28.7. The van der Waals surface area contributed by atoms with Gasteiger partial charge >= 0.3 is 0 Å². The van der Waals surface area contributed by atoms with Crippen molar-refractivity contribution in [1.82, 2.24) is 9.80 Å². The molecule has 0 aromatic heterocycles. The Morgan fingerprint density at radius 2 is 1.58 bits per heavy atom. The van der Waals surface area contributed by atoms with Gasteiger partial charge in [0.1, 0.15) is 5.82 Å². The number of halogens is 2. The third-order valence-electron chi connectivity index (χ3n) is 4.20. The minimum atomic E-state index is -0.316. The molecule has 136 valence electrons. The molecule has 0 spiro atoms. The first-order valence-electron chi connectivity index (χ1n) is 8.24. The maximum absolute atomic E-state index is 13.6. The Hall–Kier alpha value is -2.05. The molecule has 26 heavy (non-hydrogen) atoms. The fourth-order valence-electron chi connectivity index (χ4n) is 2.73. The first-order valence-corrected chi connectivity index (χ1v) is 9.61. The third-order valence-corrected chi connectivity index (χ3v) is 5.48. The maximum atomic E-state index is 13.6. The Morgan fingerprint density at radius 3 is 2.23 bits per heavy atom. The van der Waals surface area contributed by atoms with Crippen LogP contribution >= 0.6 is 23.4 Å². The Balaban J connectivity index is 1.50. The van der Waals surface area contributed by atoms with Crippen molar-refractivity contribution in [1.29, 1.82) is 0 Å². The molecule has 1 aliphatic heterocycles. The Labute approximate surface area is 160 Å². The summed E-state index contributed by atoms with van der Waals surface area (Å²) in [5, 5.41) is 0.587. The lowest BCUT2D eigenvalue weighted by Crippen LogP contribution is -2.51. The number of hydrogen-bond acceptors (Lipinski definition) is 3. The van der Waals surface area contributed by atoms with Crippen molar-refractivity contribution >= 4 is 35.2 Å². The zero-order chi connectivity index (χ0) is 18.5. The predicted octanol–water partition coefficient (Wildman–Crippen LogP) is 3.56. The van der Waals surface area contributed by atoms with Crippen LogP contribution < -0.4 is 0 Å². The maximum Gasteiger partial charge on any atom is 0.253 e. The Kier molecular flexibility index (Phi) is 6.16. The van der Waals surface area contributed by atoms with Crippen molar-refractivity contribution in [3.8, 4) is 0 Å². The topological polar surface area (TPSA) is 40.6 Å². The molecular formula is C19H18ClFN2O2S. The highest BCUT2D eigenvalue weighted by Crippen LogP contribution is 2.22. The molecule has 0 saturated carbocycles. The molecule has 1 aliphatic rings. The number of carbonyl (C=O) groups excluding carboxylic acids is 2. The summed E-state index contributed by atoms with van der Waals surface area (Å²) in [5.74, 6) is -0.235. The van der Waals surface area contributed by atoms with Gasteiger partial charge in [0.25, 0.3) is 5.91 Å². The van der Waals surface area contributed by atoms with Crippen LogP contribution in [0.1, 0.15) is 10.4 Å². The van der Waals surface area contributed by atoms with Crippen LogP contribution in [0.15, 0.2) is 53.4 Å². The normalized spacial score (nSPS) is 14.4. The van der Waals surface area contributed by atoms with Gasteiger partial charge in [0.2, 0.25) is 5.91 Å². The van der Waals surface area contributed by atoms with Crippen LogP contribution in [0.5, 0.6) is 0 Å². The minimum Gasteiger partial charge on any atom is -0.338 e. The molecular weight excluding hydrogens is 375 g/mol. The standard InChI is InChI=1S/C19H18ClFN2O2S/c20-15-7-5-14(6-8-15)19(25)23-11-9-22(10-12-23)18(24)13-26-17-4-2-1-3-16(17)21/h1-8H,9-13H2. The van der Waals surface area contributed by atoms with Crippen LogP contribution in [0, 0.1) is 5.82 Å². The van der Waals surface area contributed by atoms with Gasteiger partial charge in [-0.3, -0.25) is 9.59 Å². The number of thioether (sulfide) groups is 1. The number of piperazine rings is 1. The van der Waals surface area contributed by atoms with Crippen molar-refractivity contribution in [3.05, 3.63) is 64.9 Å². The number of hydrogen-bond donors (Lipinski definition) is 0. The van der Waals surface area contributed by atoms with E-state index in [1.54, 1.807) is 52.3 Å². The van der Waals surface area contributed by atoms with E-state index >= 15 is 0 Å². The van der Waals surface area contributed by atoms with Gasteiger partial charge in [0.15, 0.2) is 0 Å². The van der Waals surface area contributed by atoms with Crippen molar-refractivity contribution in [2.24, 2.45) is 0 Å². The molecule has 0 radical (unpaired) electrons. The van der Waals surface area contributed by atoms with Gasteiger partial charge in [0.05, 0.1) is 5.75 Å². The second-order valence-corrected chi connectivity index (χ2v) is 7.35. The molecule has 0 unspecified atom stereocenters. The zero-order valence-corrected chi connectivity index (χ0v) is 15.6. The van der Waals surface area contributed by atoms with E-state index in [2.05, 4.69) is 0 Å². The highest BCUT2D eigenvalue weighted by molar-refractivity contribution is 8.00. The molecule has 1 heterocycles. The molecule has 2 aromatic rings. The molecule has 0 aliphatic carbocycles. The van der Waals surface area contributed by atoms with E-state index in [0.29, 0.717) is 41.7 Å². The molecule has 0 bridgehead atoms. The molecule has 4 nitrogen and oxygen atoms in total. The molecule has 2 aromatic carbocycles. The minimum absolute atomic E-state index is 0.0446. The fourth-order valence-corrected chi connectivity index (χ4v) is 3.69. The van der Waals surface area contributed by atoms with Gasteiger partial charge in [0, 0.05) is 41.7 Å². The fraction of sp³-hybridized carbons (Fsp3) is 0.263.